The zero-order valence-electron chi connectivity index (χ0n) is 10.3. The average Bonchev–Trinajstić information content (AvgIpc) is 2.26. The minimum Gasteiger partial charge on any atom is -0.356 e. The predicted molar refractivity (Wildman–Crippen MR) is 73.1 cm³/mol. The number of thiol groups is 1. The average molecular weight is 338 g/mol. The van der Waals surface area contributed by atoms with E-state index >= 15 is 0 Å². The molecule has 0 amide bonds. The Morgan fingerprint density at radius 1 is 1.22 bits per heavy atom. The SMILES string of the molecule is Brc1ccccc1.CC(C)(C)C(=O)ON[SH](=O)=O. The smallest absolute Gasteiger partial charge is 0.331 e. The maximum atomic E-state index is 10.8. The van der Waals surface area contributed by atoms with Crippen molar-refractivity contribution in [2.24, 2.45) is 5.41 Å². The monoisotopic (exact) mass is 337 g/mol. The van der Waals surface area contributed by atoms with Gasteiger partial charge in [0.25, 0.3) is 0 Å². The fraction of sp³-hybridized carbons (Fsp3) is 0.364. The summed E-state index contributed by atoms with van der Waals surface area (Å²) < 4.78 is 20.9. The first-order valence-corrected chi connectivity index (χ1v) is 7.02. The van der Waals surface area contributed by atoms with Gasteiger partial charge in [-0.1, -0.05) is 34.1 Å². The molecule has 0 aromatic heterocycles. The predicted octanol–water partition coefficient (Wildman–Crippen LogP) is 2.06. The van der Waals surface area contributed by atoms with E-state index in [0.717, 1.165) is 4.47 Å². The lowest BCUT2D eigenvalue weighted by atomic mass is 9.98. The summed E-state index contributed by atoms with van der Waals surface area (Å²) in [6.45, 7) is 4.86. The number of hydrogen-bond donors (Lipinski definition) is 2. The zero-order valence-corrected chi connectivity index (χ0v) is 12.8. The van der Waals surface area contributed by atoms with Gasteiger partial charge in [0, 0.05) is 4.47 Å². The largest absolute Gasteiger partial charge is 0.356 e. The molecular weight excluding hydrogens is 322 g/mol. The van der Waals surface area contributed by atoms with E-state index in [9.17, 15) is 13.2 Å². The van der Waals surface area contributed by atoms with Crippen molar-refractivity contribution in [1.29, 1.82) is 0 Å². The second-order valence-electron chi connectivity index (χ2n) is 4.28. The molecule has 0 aliphatic rings. The number of carbonyl (C=O) groups excluding carboxylic acids is 1. The third-order valence-electron chi connectivity index (χ3n) is 1.56. The molecule has 0 radical (unpaired) electrons. The topological polar surface area (TPSA) is 72.5 Å². The van der Waals surface area contributed by atoms with E-state index in [1.807, 2.05) is 30.3 Å². The highest BCUT2D eigenvalue weighted by molar-refractivity contribution is 9.10. The molecule has 0 aliphatic carbocycles. The minimum atomic E-state index is -2.87. The molecular formula is C11H16BrNO4S. The van der Waals surface area contributed by atoms with E-state index in [0.29, 0.717) is 0 Å². The Morgan fingerprint density at radius 3 is 2.00 bits per heavy atom. The molecule has 5 nitrogen and oxygen atoms in total. The van der Waals surface area contributed by atoms with Crippen LogP contribution < -0.4 is 4.89 Å². The number of rotatable bonds is 2. The fourth-order valence-corrected chi connectivity index (χ4v) is 1.11. The molecule has 7 heteroatoms. The van der Waals surface area contributed by atoms with Crippen molar-refractivity contribution in [3.8, 4) is 0 Å². The molecule has 0 saturated carbocycles. The van der Waals surface area contributed by atoms with Crippen LogP contribution in [0.3, 0.4) is 0 Å². The van der Waals surface area contributed by atoms with Crippen LogP contribution in [0.15, 0.2) is 34.8 Å². The summed E-state index contributed by atoms with van der Waals surface area (Å²) in [6, 6.07) is 9.97. The van der Waals surface area contributed by atoms with Crippen LogP contribution in [0.5, 0.6) is 0 Å². The van der Waals surface area contributed by atoms with Crippen molar-refractivity contribution in [3.63, 3.8) is 0 Å². The van der Waals surface area contributed by atoms with Gasteiger partial charge in [-0.15, -0.1) is 0 Å². The van der Waals surface area contributed by atoms with Crippen molar-refractivity contribution < 1.29 is 18.0 Å². The third-order valence-corrected chi connectivity index (χ3v) is 2.33. The minimum absolute atomic E-state index is 0.614. The van der Waals surface area contributed by atoms with Crippen LogP contribution in [-0.2, 0) is 20.5 Å². The van der Waals surface area contributed by atoms with Gasteiger partial charge >= 0.3 is 5.97 Å². The molecule has 0 heterocycles. The van der Waals surface area contributed by atoms with Gasteiger partial charge in [0.2, 0.25) is 10.9 Å². The Hall–Kier alpha value is -0.920. The molecule has 0 bridgehead atoms. The number of hydrogen-bond acceptors (Lipinski definition) is 4. The number of nitrogens with one attached hydrogen (secondary N) is 1. The maximum absolute atomic E-state index is 10.8. The van der Waals surface area contributed by atoms with Gasteiger partial charge in [-0.3, -0.25) is 0 Å². The highest BCUT2D eigenvalue weighted by atomic mass is 79.9. The summed E-state index contributed by atoms with van der Waals surface area (Å²) >= 11 is 3.31. The standard InChI is InChI=1S/C6H5Br.C5H11NO4S/c7-6-4-2-1-3-5-6;1-5(2,3)4(7)10-6-11(8)9/h1-5H;11H,1-3H3,(H,6,8,9). The summed E-state index contributed by atoms with van der Waals surface area (Å²) in [5.41, 5.74) is -0.696. The van der Waals surface area contributed by atoms with Crippen LogP contribution in [0.2, 0.25) is 0 Å². The highest BCUT2D eigenvalue weighted by Crippen LogP contribution is 2.13. The molecule has 102 valence electrons. The summed E-state index contributed by atoms with van der Waals surface area (Å²) in [5.74, 6) is -0.614. The van der Waals surface area contributed by atoms with E-state index in [-0.39, 0.29) is 0 Å². The Bertz CT molecular complexity index is 432. The van der Waals surface area contributed by atoms with Crippen molar-refractivity contribution in [2.45, 2.75) is 20.8 Å². The first-order chi connectivity index (χ1) is 8.23. The van der Waals surface area contributed by atoms with Crippen LogP contribution >= 0.6 is 15.9 Å². The highest BCUT2D eigenvalue weighted by Gasteiger charge is 2.23. The second-order valence-corrected chi connectivity index (χ2v) is 5.90. The van der Waals surface area contributed by atoms with E-state index < -0.39 is 22.3 Å². The molecule has 0 saturated heterocycles. The van der Waals surface area contributed by atoms with E-state index in [2.05, 4.69) is 20.8 Å². The normalized spacial score (nSPS) is 10.5. The van der Waals surface area contributed by atoms with Crippen molar-refractivity contribution in [3.05, 3.63) is 34.8 Å². The Morgan fingerprint density at radius 2 is 1.72 bits per heavy atom. The molecule has 0 atom stereocenters. The van der Waals surface area contributed by atoms with E-state index in [4.69, 9.17) is 0 Å². The quantitative estimate of drug-likeness (QED) is 0.640. The first kappa shape index (κ1) is 17.1. The van der Waals surface area contributed by atoms with Gasteiger partial charge in [0.05, 0.1) is 5.41 Å². The number of carbonyl (C=O) groups is 1. The number of halogens is 1. The first-order valence-electron chi connectivity index (χ1n) is 5.05. The second kappa shape index (κ2) is 8.23. The lowest BCUT2D eigenvalue weighted by Gasteiger charge is -2.13. The lowest BCUT2D eigenvalue weighted by molar-refractivity contribution is -0.156. The van der Waals surface area contributed by atoms with Crippen LogP contribution in [0, 0.1) is 5.41 Å². The van der Waals surface area contributed by atoms with Gasteiger partial charge in [-0.05, 0) is 37.8 Å². The van der Waals surface area contributed by atoms with Crippen LogP contribution in [0.25, 0.3) is 0 Å². The Labute approximate surface area is 117 Å². The zero-order chi connectivity index (χ0) is 14.2. The molecule has 18 heavy (non-hydrogen) atoms. The Kier molecular flexibility index (Phi) is 7.81. The van der Waals surface area contributed by atoms with E-state index in [1.54, 1.807) is 25.7 Å². The van der Waals surface area contributed by atoms with Crippen molar-refractivity contribution in [1.82, 2.24) is 4.89 Å². The molecule has 1 N–H and O–H groups in total. The van der Waals surface area contributed by atoms with Gasteiger partial charge < -0.3 is 4.84 Å². The molecule has 1 aromatic rings. The molecule has 1 aromatic carbocycles. The van der Waals surface area contributed by atoms with Gasteiger partial charge in [-0.25, -0.2) is 13.2 Å². The molecule has 0 fully saturated rings. The fourth-order valence-electron chi connectivity index (χ4n) is 0.646. The Balaban J connectivity index is 0.000000351. The summed E-state index contributed by atoms with van der Waals surface area (Å²) in [6.07, 6.45) is 0. The van der Waals surface area contributed by atoms with Crippen molar-refractivity contribution >= 4 is 32.8 Å². The van der Waals surface area contributed by atoms with Gasteiger partial charge in [-0.2, -0.15) is 0 Å². The van der Waals surface area contributed by atoms with Crippen LogP contribution in [0.4, 0.5) is 0 Å². The molecule has 1 rings (SSSR count). The van der Waals surface area contributed by atoms with Crippen molar-refractivity contribution in [2.75, 3.05) is 0 Å². The summed E-state index contributed by atoms with van der Waals surface area (Å²) in [5, 5.41) is 0. The summed E-state index contributed by atoms with van der Waals surface area (Å²) in [4.78, 5) is 16.6. The molecule has 0 aliphatic heterocycles. The number of benzene rings is 1. The molecule has 0 spiro atoms. The lowest BCUT2D eigenvalue weighted by Crippen LogP contribution is -2.28. The third kappa shape index (κ3) is 9.15. The van der Waals surface area contributed by atoms with Gasteiger partial charge in [0.1, 0.15) is 0 Å². The van der Waals surface area contributed by atoms with E-state index in [1.165, 1.54) is 0 Å². The van der Waals surface area contributed by atoms with Crippen LogP contribution in [0.1, 0.15) is 20.8 Å². The van der Waals surface area contributed by atoms with Crippen LogP contribution in [-0.4, -0.2) is 14.4 Å². The molecule has 0 unspecified atom stereocenters. The maximum Gasteiger partial charge on any atom is 0.331 e. The van der Waals surface area contributed by atoms with Gasteiger partial charge in [0.15, 0.2) is 0 Å². The summed E-state index contributed by atoms with van der Waals surface area (Å²) in [7, 11) is -2.87.